The fourth-order valence-corrected chi connectivity index (χ4v) is 2.94. The summed E-state index contributed by atoms with van der Waals surface area (Å²) in [6.07, 6.45) is 4.58. The maximum atomic E-state index is 12.7. The summed E-state index contributed by atoms with van der Waals surface area (Å²) in [4.78, 5) is 39.3. The van der Waals surface area contributed by atoms with Crippen LogP contribution in [-0.4, -0.2) is 41.4 Å². The van der Waals surface area contributed by atoms with E-state index >= 15 is 0 Å². The van der Waals surface area contributed by atoms with Gasteiger partial charge in [-0.15, -0.1) is 0 Å². The predicted molar refractivity (Wildman–Crippen MR) is 87.0 cm³/mol. The molecule has 1 aliphatic rings. The highest BCUT2D eigenvalue weighted by atomic mass is 16.2. The first kappa shape index (κ1) is 15.1. The van der Waals surface area contributed by atoms with Crippen LogP contribution in [0.2, 0.25) is 0 Å². The first-order valence-electron chi connectivity index (χ1n) is 7.74. The third-order valence-electron chi connectivity index (χ3n) is 4.14. The third-order valence-corrected chi connectivity index (χ3v) is 4.14. The smallest absolute Gasteiger partial charge is 0.262 e. The Labute approximate surface area is 143 Å². The molecule has 0 fully saturated rings. The lowest BCUT2D eigenvalue weighted by Crippen LogP contribution is -2.33. The van der Waals surface area contributed by atoms with E-state index in [1.54, 1.807) is 38.1 Å². The van der Waals surface area contributed by atoms with E-state index in [1.165, 1.54) is 28.3 Å². The van der Waals surface area contributed by atoms with Crippen molar-refractivity contribution in [3.8, 4) is 5.82 Å². The summed E-state index contributed by atoms with van der Waals surface area (Å²) in [5.74, 6) is 0.357. The number of carbonyl (C=O) groups is 2. The van der Waals surface area contributed by atoms with E-state index in [0.717, 1.165) is 0 Å². The van der Waals surface area contributed by atoms with Crippen LogP contribution in [0.4, 0.5) is 0 Å². The van der Waals surface area contributed by atoms with E-state index in [9.17, 15) is 9.59 Å². The van der Waals surface area contributed by atoms with Gasteiger partial charge in [-0.1, -0.05) is 12.1 Å². The molecule has 1 aromatic carbocycles. The normalized spacial score (nSPS) is 14.7. The first-order valence-corrected chi connectivity index (χ1v) is 7.74. The molecule has 3 aromatic rings. The Hall–Kier alpha value is -3.42. The van der Waals surface area contributed by atoms with Gasteiger partial charge in [0.25, 0.3) is 11.8 Å². The van der Waals surface area contributed by atoms with Crippen molar-refractivity contribution in [2.24, 2.45) is 0 Å². The molecule has 2 aromatic heterocycles. The monoisotopic (exact) mass is 334 g/mol. The summed E-state index contributed by atoms with van der Waals surface area (Å²) in [6.45, 7) is 3.51. The predicted octanol–water partition coefficient (Wildman–Crippen LogP) is 1.72. The van der Waals surface area contributed by atoms with Gasteiger partial charge in [0.05, 0.1) is 17.2 Å². The number of imide groups is 1. The lowest BCUT2D eigenvalue weighted by Gasteiger charge is -2.23. The fourth-order valence-electron chi connectivity index (χ4n) is 2.94. The summed E-state index contributed by atoms with van der Waals surface area (Å²) in [5, 5.41) is 4.24. The van der Waals surface area contributed by atoms with Crippen LogP contribution in [0.3, 0.4) is 0 Å². The highest BCUT2D eigenvalue weighted by Crippen LogP contribution is 2.31. The van der Waals surface area contributed by atoms with E-state index in [4.69, 9.17) is 0 Å². The van der Waals surface area contributed by atoms with Gasteiger partial charge in [-0.05, 0) is 26.0 Å². The van der Waals surface area contributed by atoms with Gasteiger partial charge in [0.2, 0.25) is 0 Å². The second-order valence-electron chi connectivity index (χ2n) is 5.70. The van der Waals surface area contributed by atoms with Gasteiger partial charge >= 0.3 is 0 Å². The van der Waals surface area contributed by atoms with Gasteiger partial charge in [-0.25, -0.2) is 14.6 Å². The van der Waals surface area contributed by atoms with E-state index in [-0.39, 0.29) is 11.8 Å². The van der Waals surface area contributed by atoms with Crippen molar-refractivity contribution < 1.29 is 9.59 Å². The molecule has 2 amide bonds. The minimum atomic E-state index is -0.597. The number of carbonyl (C=O) groups excluding carboxylic acids is 2. The summed E-state index contributed by atoms with van der Waals surface area (Å²) >= 11 is 0. The van der Waals surface area contributed by atoms with Gasteiger partial charge in [0, 0.05) is 12.4 Å². The van der Waals surface area contributed by atoms with Crippen molar-refractivity contribution in [2.45, 2.75) is 19.9 Å². The Balaban J connectivity index is 1.77. The Bertz CT molecular complexity index is 961. The van der Waals surface area contributed by atoms with E-state index in [1.807, 2.05) is 0 Å². The lowest BCUT2D eigenvalue weighted by molar-refractivity contribution is 0.0592. The molecular weight excluding hydrogens is 320 g/mol. The standard InChI is InChI=1S/C17H14N6O2/c1-10(23-16(24)12-5-3-4-6-13(12)17(23)25)14-15(19-8-7-18-14)22-9-20-11(2)21-22/h3-10H,1-2H3. The zero-order chi connectivity index (χ0) is 17.6. The van der Waals surface area contributed by atoms with Crippen molar-refractivity contribution in [1.82, 2.24) is 29.6 Å². The van der Waals surface area contributed by atoms with Crippen LogP contribution < -0.4 is 0 Å². The molecule has 1 atom stereocenters. The quantitative estimate of drug-likeness (QED) is 0.677. The molecule has 0 N–H and O–H groups in total. The minimum absolute atomic E-state index is 0.334. The number of aryl methyl sites for hydroxylation is 1. The number of rotatable bonds is 3. The number of benzene rings is 1. The average Bonchev–Trinajstić information content (AvgIpc) is 3.17. The number of fused-ring (bicyclic) bond motifs is 1. The molecule has 0 aliphatic carbocycles. The van der Waals surface area contributed by atoms with Crippen LogP contribution in [0, 0.1) is 6.92 Å². The molecule has 0 saturated carbocycles. The fraction of sp³-hybridized carbons (Fsp3) is 0.176. The Morgan fingerprint density at radius 2 is 1.60 bits per heavy atom. The topological polar surface area (TPSA) is 93.9 Å². The maximum Gasteiger partial charge on any atom is 0.262 e. The summed E-state index contributed by atoms with van der Waals surface area (Å²) in [5.41, 5.74) is 1.28. The van der Waals surface area contributed by atoms with E-state index in [0.29, 0.717) is 28.5 Å². The third kappa shape index (κ3) is 2.30. The summed E-state index contributed by atoms with van der Waals surface area (Å²) in [7, 11) is 0. The zero-order valence-electron chi connectivity index (χ0n) is 13.6. The molecule has 0 radical (unpaired) electrons. The molecule has 0 spiro atoms. The van der Waals surface area contributed by atoms with Crippen LogP contribution >= 0.6 is 0 Å². The molecule has 25 heavy (non-hydrogen) atoms. The largest absolute Gasteiger partial charge is 0.269 e. The number of hydrogen-bond acceptors (Lipinski definition) is 6. The maximum absolute atomic E-state index is 12.7. The van der Waals surface area contributed by atoms with Crippen molar-refractivity contribution in [3.63, 3.8) is 0 Å². The SMILES string of the molecule is Cc1ncn(-c2nccnc2C(C)N2C(=O)c3ccccc3C2=O)n1. The highest BCUT2D eigenvalue weighted by Gasteiger charge is 2.40. The lowest BCUT2D eigenvalue weighted by atomic mass is 10.1. The zero-order valence-corrected chi connectivity index (χ0v) is 13.6. The average molecular weight is 334 g/mol. The number of amides is 2. The summed E-state index contributed by atoms with van der Waals surface area (Å²) < 4.78 is 1.49. The van der Waals surface area contributed by atoms with E-state index < -0.39 is 6.04 Å². The molecule has 3 heterocycles. The van der Waals surface area contributed by atoms with Crippen molar-refractivity contribution in [3.05, 3.63) is 65.6 Å². The number of nitrogens with zero attached hydrogens (tertiary/aromatic N) is 6. The minimum Gasteiger partial charge on any atom is -0.269 e. The molecular formula is C17H14N6O2. The Kier molecular flexibility index (Phi) is 3.38. The Morgan fingerprint density at radius 3 is 2.20 bits per heavy atom. The van der Waals surface area contributed by atoms with Gasteiger partial charge in [0.1, 0.15) is 17.8 Å². The molecule has 0 bridgehead atoms. The molecule has 1 unspecified atom stereocenters. The molecule has 1 aliphatic heterocycles. The van der Waals surface area contributed by atoms with Gasteiger partial charge in [-0.3, -0.25) is 19.5 Å². The molecule has 0 saturated heterocycles. The van der Waals surface area contributed by atoms with Crippen LogP contribution in [0.1, 0.15) is 45.2 Å². The Morgan fingerprint density at radius 1 is 0.960 bits per heavy atom. The van der Waals surface area contributed by atoms with Crippen LogP contribution in [0.15, 0.2) is 43.0 Å². The second-order valence-corrected chi connectivity index (χ2v) is 5.70. The molecule has 4 rings (SSSR count). The van der Waals surface area contributed by atoms with Crippen molar-refractivity contribution in [1.29, 1.82) is 0 Å². The molecule has 124 valence electrons. The number of aromatic nitrogens is 5. The van der Waals surface area contributed by atoms with E-state index in [2.05, 4.69) is 20.1 Å². The van der Waals surface area contributed by atoms with Crippen LogP contribution in [0.25, 0.3) is 5.82 Å². The van der Waals surface area contributed by atoms with Crippen molar-refractivity contribution in [2.75, 3.05) is 0 Å². The van der Waals surface area contributed by atoms with Crippen LogP contribution in [-0.2, 0) is 0 Å². The second kappa shape index (κ2) is 5.59. The van der Waals surface area contributed by atoms with Gasteiger partial charge in [-0.2, -0.15) is 5.10 Å². The molecule has 8 nitrogen and oxygen atoms in total. The van der Waals surface area contributed by atoms with Crippen molar-refractivity contribution >= 4 is 11.8 Å². The number of hydrogen-bond donors (Lipinski definition) is 0. The summed E-state index contributed by atoms with van der Waals surface area (Å²) in [6, 6.07) is 6.19. The highest BCUT2D eigenvalue weighted by molar-refractivity contribution is 6.21. The van der Waals surface area contributed by atoms with Crippen LogP contribution in [0.5, 0.6) is 0 Å². The van der Waals surface area contributed by atoms with Gasteiger partial charge in [0.15, 0.2) is 5.82 Å². The van der Waals surface area contributed by atoms with Gasteiger partial charge < -0.3 is 0 Å². The first-order chi connectivity index (χ1) is 12.1. The molecule has 8 heteroatoms.